The number of alkyl halides is 3. The van der Waals surface area contributed by atoms with Crippen LogP contribution in [0.25, 0.3) is 0 Å². The molecule has 0 aliphatic carbocycles. The van der Waals surface area contributed by atoms with E-state index in [0.29, 0.717) is 0 Å². The Bertz CT molecular complexity index is 398. The number of nitrogens with two attached hydrogens (primary N) is 1. The van der Waals surface area contributed by atoms with Gasteiger partial charge in [0.1, 0.15) is 5.82 Å². The molecule has 7 heteroatoms. The highest BCUT2D eigenvalue weighted by atomic mass is 35.5. The molecule has 0 aliphatic heterocycles. The van der Waals surface area contributed by atoms with Crippen molar-refractivity contribution in [1.82, 2.24) is 4.98 Å². The second-order valence-electron chi connectivity index (χ2n) is 2.69. The van der Waals surface area contributed by atoms with Crippen LogP contribution in [0.15, 0.2) is 6.20 Å². The monoisotopic (exact) mass is 236 g/mol. The number of carboxylic acid groups (broad SMARTS) is 1. The van der Waals surface area contributed by atoms with Gasteiger partial charge in [-0.2, -0.15) is 0 Å². The van der Waals surface area contributed by atoms with E-state index in [-0.39, 0.29) is 17.3 Å². The molecule has 0 bridgehead atoms. The van der Waals surface area contributed by atoms with Crippen molar-refractivity contribution in [1.29, 1.82) is 0 Å². The molecule has 0 saturated heterocycles. The van der Waals surface area contributed by atoms with E-state index in [4.69, 9.17) is 22.4 Å². The van der Waals surface area contributed by atoms with Gasteiger partial charge in [0.2, 0.25) is 0 Å². The fourth-order valence-electron chi connectivity index (χ4n) is 1.14. The number of hydrogen-bond acceptors (Lipinski definition) is 3. The summed E-state index contributed by atoms with van der Waals surface area (Å²) in [6.07, 6.45) is -2.18. The van der Waals surface area contributed by atoms with Gasteiger partial charge in [0.05, 0.1) is 17.0 Å². The predicted molar refractivity (Wildman–Crippen MR) is 50.1 cm³/mol. The van der Waals surface area contributed by atoms with Gasteiger partial charge < -0.3 is 10.8 Å². The van der Waals surface area contributed by atoms with Crippen LogP contribution in [0, 0.1) is 0 Å². The van der Waals surface area contributed by atoms with Gasteiger partial charge >= 0.3 is 5.97 Å². The quantitative estimate of drug-likeness (QED) is 0.788. The van der Waals surface area contributed by atoms with Crippen LogP contribution < -0.4 is 5.73 Å². The van der Waals surface area contributed by atoms with Crippen LogP contribution in [0.2, 0.25) is 0 Å². The summed E-state index contributed by atoms with van der Waals surface area (Å²) < 4.78 is 24.9. The SMILES string of the molecule is Nc1ncc(C(F)F)c(C(=O)O)c1CCl. The molecule has 0 aromatic carbocycles. The van der Waals surface area contributed by atoms with Gasteiger partial charge in [0.25, 0.3) is 6.43 Å². The average molecular weight is 237 g/mol. The first-order valence-corrected chi connectivity index (χ1v) is 4.37. The molecule has 0 fully saturated rings. The summed E-state index contributed by atoms with van der Waals surface area (Å²) in [5.74, 6) is -1.91. The lowest BCUT2D eigenvalue weighted by Gasteiger charge is -2.10. The minimum atomic E-state index is -2.92. The summed E-state index contributed by atoms with van der Waals surface area (Å²) in [6.45, 7) is 0. The van der Waals surface area contributed by atoms with Crippen molar-refractivity contribution in [3.8, 4) is 0 Å². The summed E-state index contributed by atoms with van der Waals surface area (Å²) in [5.41, 5.74) is 4.02. The number of carbonyl (C=O) groups is 1. The summed E-state index contributed by atoms with van der Waals surface area (Å²) in [5, 5.41) is 8.78. The Morgan fingerprint density at radius 2 is 2.27 bits per heavy atom. The highest BCUT2D eigenvalue weighted by molar-refractivity contribution is 6.18. The summed E-state index contributed by atoms with van der Waals surface area (Å²) >= 11 is 5.43. The summed E-state index contributed by atoms with van der Waals surface area (Å²) in [4.78, 5) is 14.2. The minimum absolute atomic E-state index is 0.0815. The number of pyridine rings is 1. The topological polar surface area (TPSA) is 76.2 Å². The van der Waals surface area contributed by atoms with Crippen molar-refractivity contribution < 1.29 is 18.7 Å². The minimum Gasteiger partial charge on any atom is -0.478 e. The average Bonchev–Trinajstić information content (AvgIpc) is 2.16. The molecule has 0 aliphatic rings. The molecular formula is C8H7ClF2N2O2. The fraction of sp³-hybridized carbons (Fsp3) is 0.250. The van der Waals surface area contributed by atoms with E-state index in [1.807, 2.05) is 0 Å². The molecule has 1 aromatic heterocycles. The lowest BCUT2D eigenvalue weighted by molar-refractivity contribution is 0.0683. The second kappa shape index (κ2) is 4.39. The molecule has 82 valence electrons. The Labute approximate surface area is 88.7 Å². The van der Waals surface area contributed by atoms with Gasteiger partial charge in [-0.25, -0.2) is 18.6 Å². The van der Waals surface area contributed by atoms with Gasteiger partial charge in [-0.05, 0) is 0 Å². The largest absolute Gasteiger partial charge is 0.478 e. The van der Waals surface area contributed by atoms with Gasteiger partial charge in [-0.1, -0.05) is 0 Å². The van der Waals surface area contributed by atoms with Crippen LogP contribution in [0.5, 0.6) is 0 Å². The van der Waals surface area contributed by atoms with Crippen LogP contribution in [0.4, 0.5) is 14.6 Å². The Balaban J connectivity index is 3.49. The van der Waals surface area contributed by atoms with Crippen molar-refractivity contribution >= 4 is 23.4 Å². The Kier molecular flexibility index (Phi) is 3.41. The standard InChI is InChI=1S/C8H7ClF2N2O2/c9-1-3-5(8(14)15)4(6(10)11)2-13-7(3)12/h2,6H,1H2,(H2,12,13)(H,14,15). The van der Waals surface area contributed by atoms with Crippen molar-refractivity contribution in [3.63, 3.8) is 0 Å². The van der Waals surface area contributed by atoms with Gasteiger partial charge in [0.15, 0.2) is 0 Å². The fourth-order valence-corrected chi connectivity index (χ4v) is 1.41. The van der Waals surface area contributed by atoms with E-state index in [1.54, 1.807) is 0 Å². The van der Waals surface area contributed by atoms with Crippen LogP contribution in [-0.4, -0.2) is 16.1 Å². The van der Waals surface area contributed by atoms with E-state index in [0.717, 1.165) is 6.20 Å². The smallest absolute Gasteiger partial charge is 0.336 e. The van der Waals surface area contributed by atoms with Crippen molar-refractivity contribution in [2.45, 2.75) is 12.3 Å². The maximum atomic E-state index is 12.4. The van der Waals surface area contributed by atoms with E-state index in [1.165, 1.54) is 0 Å². The molecule has 0 saturated carbocycles. The number of carboxylic acids is 1. The van der Waals surface area contributed by atoms with Crippen LogP contribution in [0.1, 0.15) is 27.9 Å². The van der Waals surface area contributed by atoms with Gasteiger partial charge in [-0.3, -0.25) is 0 Å². The molecule has 0 spiro atoms. The van der Waals surface area contributed by atoms with Crippen molar-refractivity contribution in [2.75, 3.05) is 5.73 Å². The molecule has 1 rings (SSSR count). The predicted octanol–water partition coefficient (Wildman–Crippen LogP) is 2.04. The molecule has 0 amide bonds. The normalized spacial score (nSPS) is 10.7. The maximum absolute atomic E-state index is 12.4. The first-order chi connectivity index (χ1) is 6.99. The Morgan fingerprint density at radius 1 is 1.67 bits per heavy atom. The lowest BCUT2D eigenvalue weighted by atomic mass is 10.0. The lowest BCUT2D eigenvalue weighted by Crippen LogP contribution is -2.11. The van der Waals surface area contributed by atoms with E-state index < -0.39 is 23.5 Å². The molecule has 0 radical (unpaired) electrons. The summed E-state index contributed by atoms with van der Waals surface area (Å²) in [6, 6.07) is 0. The van der Waals surface area contributed by atoms with Gasteiger partial charge in [0, 0.05) is 11.8 Å². The van der Waals surface area contributed by atoms with E-state index in [9.17, 15) is 13.6 Å². The van der Waals surface area contributed by atoms with Crippen molar-refractivity contribution in [3.05, 3.63) is 22.9 Å². The number of nitrogens with zero attached hydrogens (tertiary/aromatic N) is 1. The number of nitrogen functional groups attached to an aromatic ring is 1. The summed E-state index contributed by atoms with van der Waals surface area (Å²) in [7, 11) is 0. The molecular weight excluding hydrogens is 230 g/mol. The third-order valence-electron chi connectivity index (χ3n) is 1.82. The zero-order chi connectivity index (χ0) is 11.6. The molecule has 15 heavy (non-hydrogen) atoms. The van der Waals surface area contributed by atoms with E-state index in [2.05, 4.69) is 4.98 Å². The van der Waals surface area contributed by atoms with Crippen LogP contribution >= 0.6 is 11.6 Å². The van der Waals surface area contributed by atoms with E-state index >= 15 is 0 Å². The zero-order valence-electron chi connectivity index (χ0n) is 7.38. The molecule has 0 unspecified atom stereocenters. The molecule has 3 N–H and O–H groups in total. The Hall–Kier alpha value is -1.43. The van der Waals surface area contributed by atoms with Crippen molar-refractivity contribution in [2.24, 2.45) is 0 Å². The van der Waals surface area contributed by atoms with Crippen LogP contribution in [-0.2, 0) is 5.88 Å². The number of anilines is 1. The first-order valence-electron chi connectivity index (χ1n) is 3.83. The first kappa shape index (κ1) is 11.6. The number of rotatable bonds is 3. The number of aromatic nitrogens is 1. The Morgan fingerprint density at radius 3 is 2.67 bits per heavy atom. The number of aromatic carboxylic acids is 1. The number of hydrogen-bond donors (Lipinski definition) is 2. The number of halogens is 3. The third kappa shape index (κ3) is 2.15. The highest BCUT2D eigenvalue weighted by Crippen LogP contribution is 2.28. The zero-order valence-corrected chi connectivity index (χ0v) is 8.13. The van der Waals surface area contributed by atoms with Gasteiger partial charge in [-0.15, -0.1) is 11.6 Å². The maximum Gasteiger partial charge on any atom is 0.336 e. The molecule has 1 aromatic rings. The second-order valence-corrected chi connectivity index (χ2v) is 2.96. The molecule has 4 nitrogen and oxygen atoms in total. The third-order valence-corrected chi connectivity index (χ3v) is 2.09. The molecule has 1 heterocycles. The highest BCUT2D eigenvalue weighted by Gasteiger charge is 2.23. The molecule has 0 atom stereocenters. The van der Waals surface area contributed by atoms with Crippen LogP contribution in [0.3, 0.4) is 0 Å².